The molecule has 6 heteroatoms. The van der Waals surface area contributed by atoms with Gasteiger partial charge in [-0.3, -0.25) is 9.78 Å². The summed E-state index contributed by atoms with van der Waals surface area (Å²) >= 11 is 6.00. The molecule has 0 aliphatic carbocycles. The number of fused-ring (bicyclic) bond motifs is 2. The lowest BCUT2D eigenvalue weighted by Gasteiger charge is -2.27. The highest BCUT2D eigenvalue weighted by atomic mass is 35.5. The highest BCUT2D eigenvalue weighted by molar-refractivity contribution is 6.31. The monoisotopic (exact) mass is 343 g/mol. The third-order valence-corrected chi connectivity index (χ3v) is 5.36. The van der Waals surface area contributed by atoms with Gasteiger partial charge in [0.05, 0.1) is 23.1 Å². The number of rotatable bonds is 3. The van der Waals surface area contributed by atoms with Crippen molar-refractivity contribution in [1.82, 2.24) is 9.97 Å². The molecule has 2 aromatic heterocycles. The molecule has 0 spiro atoms. The van der Waals surface area contributed by atoms with Gasteiger partial charge < -0.3 is 10.1 Å². The number of hydrogen-bond donors (Lipinski definition) is 1. The lowest BCUT2D eigenvalue weighted by molar-refractivity contribution is -0.121. The Bertz CT molecular complexity index is 768. The zero-order chi connectivity index (χ0) is 16.7. The molecule has 24 heavy (non-hydrogen) atoms. The van der Waals surface area contributed by atoms with Gasteiger partial charge in [0, 0.05) is 24.5 Å². The van der Waals surface area contributed by atoms with E-state index >= 15 is 0 Å². The first kappa shape index (κ1) is 15.5. The standard InChI is InChI=1S/C18H18ClN3O2/c1-10-8-15(21-9-12(10)19)22-18(23)17-14-3-2-13(24-14)16(17)11-4-6-20-7-5-11/h4-9,13-14,16-17H,2-3H2,1H3,(H,21,22,23). The van der Waals surface area contributed by atoms with Crippen LogP contribution < -0.4 is 5.32 Å². The minimum atomic E-state index is -0.205. The number of aromatic nitrogens is 2. The minimum Gasteiger partial charge on any atom is -0.373 e. The predicted molar refractivity (Wildman–Crippen MR) is 91.0 cm³/mol. The molecule has 2 fully saturated rings. The first-order valence-electron chi connectivity index (χ1n) is 8.12. The maximum atomic E-state index is 12.9. The van der Waals surface area contributed by atoms with Crippen molar-refractivity contribution in [2.75, 3.05) is 5.32 Å². The van der Waals surface area contributed by atoms with Crippen molar-refractivity contribution in [2.45, 2.75) is 37.9 Å². The van der Waals surface area contributed by atoms with Crippen molar-refractivity contribution in [3.63, 3.8) is 0 Å². The quantitative estimate of drug-likeness (QED) is 0.928. The molecule has 2 aromatic rings. The van der Waals surface area contributed by atoms with Crippen molar-refractivity contribution in [2.24, 2.45) is 5.92 Å². The molecule has 1 amide bonds. The molecule has 0 saturated carbocycles. The molecule has 124 valence electrons. The zero-order valence-electron chi connectivity index (χ0n) is 13.3. The zero-order valence-corrected chi connectivity index (χ0v) is 14.0. The Kier molecular flexibility index (Phi) is 3.98. The van der Waals surface area contributed by atoms with E-state index in [9.17, 15) is 4.79 Å². The number of anilines is 1. The Balaban J connectivity index is 1.59. The van der Waals surface area contributed by atoms with E-state index in [1.54, 1.807) is 24.7 Å². The van der Waals surface area contributed by atoms with E-state index in [2.05, 4.69) is 15.3 Å². The molecule has 4 heterocycles. The van der Waals surface area contributed by atoms with Crippen molar-refractivity contribution in [3.8, 4) is 0 Å². The van der Waals surface area contributed by atoms with Gasteiger partial charge in [0.1, 0.15) is 5.82 Å². The average Bonchev–Trinajstić information content (AvgIpc) is 3.20. The highest BCUT2D eigenvalue weighted by Gasteiger charge is 2.52. The lowest BCUT2D eigenvalue weighted by Crippen LogP contribution is -2.36. The number of aryl methyl sites for hydroxylation is 1. The molecule has 0 radical (unpaired) electrons. The SMILES string of the molecule is Cc1cc(NC(=O)C2C3CCC(O3)C2c2ccncc2)ncc1Cl. The molecular formula is C18H18ClN3O2. The molecule has 2 aliphatic rings. The second kappa shape index (κ2) is 6.15. The normalized spacial score (nSPS) is 28.1. The highest BCUT2D eigenvalue weighted by Crippen LogP contribution is 2.49. The van der Waals surface area contributed by atoms with Gasteiger partial charge in [-0.15, -0.1) is 0 Å². The molecular weight excluding hydrogens is 326 g/mol. The van der Waals surface area contributed by atoms with Crippen LogP contribution in [-0.2, 0) is 9.53 Å². The largest absolute Gasteiger partial charge is 0.373 e. The van der Waals surface area contributed by atoms with E-state index in [0.29, 0.717) is 10.8 Å². The third-order valence-electron chi connectivity index (χ3n) is 4.97. The summed E-state index contributed by atoms with van der Waals surface area (Å²) in [5.41, 5.74) is 1.99. The number of nitrogens with one attached hydrogen (secondary N) is 1. The molecule has 1 N–H and O–H groups in total. The first-order valence-corrected chi connectivity index (χ1v) is 8.49. The van der Waals surface area contributed by atoms with Crippen LogP contribution in [0.4, 0.5) is 5.82 Å². The topological polar surface area (TPSA) is 64.1 Å². The van der Waals surface area contributed by atoms with Gasteiger partial charge in [0.25, 0.3) is 0 Å². The molecule has 4 atom stereocenters. The van der Waals surface area contributed by atoms with Crippen LogP contribution in [-0.4, -0.2) is 28.1 Å². The smallest absolute Gasteiger partial charge is 0.231 e. The fraction of sp³-hybridized carbons (Fsp3) is 0.389. The Labute approximate surface area is 145 Å². The summed E-state index contributed by atoms with van der Waals surface area (Å²) in [6.45, 7) is 1.89. The Hall–Kier alpha value is -1.98. The molecule has 2 bridgehead atoms. The van der Waals surface area contributed by atoms with Crippen molar-refractivity contribution < 1.29 is 9.53 Å². The van der Waals surface area contributed by atoms with E-state index in [1.165, 1.54) is 0 Å². The van der Waals surface area contributed by atoms with Gasteiger partial charge in [0.15, 0.2) is 0 Å². The van der Waals surface area contributed by atoms with Crippen LogP contribution in [0.5, 0.6) is 0 Å². The fourth-order valence-electron chi connectivity index (χ4n) is 3.84. The lowest BCUT2D eigenvalue weighted by atomic mass is 9.75. The van der Waals surface area contributed by atoms with Gasteiger partial charge >= 0.3 is 0 Å². The molecule has 0 aromatic carbocycles. The Morgan fingerprint density at radius 3 is 2.79 bits per heavy atom. The number of amides is 1. The number of carbonyl (C=O) groups is 1. The van der Waals surface area contributed by atoms with E-state index in [4.69, 9.17) is 16.3 Å². The predicted octanol–water partition coefficient (Wildman–Crippen LogP) is 3.34. The summed E-state index contributed by atoms with van der Waals surface area (Å²) < 4.78 is 6.03. The number of pyridine rings is 2. The minimum absolute atomic E-state index is 0.0263. The fourth-order valence-corrected chi connectivity index (χ4v) is 3.94. The summed E-state index contributed by atoms with van der Waals surface area (Å²) in [4.78, 5) is 21.2. The molecule has 2 saturated heterocycles. The summed E-state index contributed by atoms with van der Waals surface area (Å²) in [5.74, 6) is 0.348. The van der Waals surface area contributed by atoms with Gasteiger partial charge in [-0.25, -0.2) is 4.98 Å². The van der Waals surface area contributed by atoms with Crippen LogP contribution in [0, 0.1) is 12.8 Å². The van der Waals surface area contributed by atoms with E-state index < -0.39 is 0 Å². The third kappa shape index (κ3) is 2.68. The number of ether oxygens (including phenoxy) is 1. The number of carbonyl (C=O) groups excluding carboxylic acids is 1. The van der Waals surface area contributed by atoms with Crippen molar-refractivity contribution >= 4 is 23.3 Å². The average molecular weight is 344 g/mol. The molecule has 5 nitrogen and oxygen atoms in total. The summed E-state index contributed by atoms with van der Waals surface area (Å²) in [7, 11) is 0. The Morgan fingerprint density at radius 2 is 2.04 bits per heavy atom. The second-order valence-corrected chi connectivity index (χ2v) is 6.84. The van der Waals surface area contributed by atoms with E-state index in [0.717, 1.165) is 24.0 Å². The number of nitrogens with zero attached hydrogens (tertiary/aromatic N) is 2. The van der Waals surface area contributed by atoms with Gasteiger partial charge in [-0.1, -0.05) is 11.6 Å². The molecule has 4 rings (SSSR count). The van der Waals surface area contributed by atoms with Gasteiger partial charge in [-0.05, 0) is 49.1 Å². The van der Waals surface area contributed by atoms with Crippen LogP contribution in [0.2, 0.25) is 5.02 Å². The number of hydrogen-bond acceptors (Lipinski definition) is 4. The second-order valence-electron chi connectivity index (χ2n) is 6.43. The van der Waals surface area contributed by atoms with E-state index in [1.807, 2.05) is 19.1 Å². The van der Waals surface area contributed by atoms with Crippen LogP contribution in [0.15, 0.2) is 36.8 Å². The molecule has 2 aliphatic heterocycles. The number of halogens is 1. The van der Waals surface area contributed by atoms with Crippen molar-refractivity contribution in [1.29, 1.82) is 0 Å². The Morgan fingerprint density at radius 1 is 1.29 bits per heavy atom. The van der Waals surface area contributed by atoms with Crippen LogP contribution in [0.1, 0.15) is 29.9 Å². The van der Waals surface area contributed by atoms with Gasteiger partial charge in [-0.2, -0.15) is 0 Å². The summed E-state index contributed by atoms with van der Waals surface area (Å²) in [6.07, 6.45) is 7.09. The summed E-state index contributed by atoms with van der Waals surface area (Å²) in [5, 5.41) is 3.52. The van der Waals surface area contributed by atoms with Crippen LogP contribution >= 0.6 is 11.6 Å². The van der Waals surface area contributed by atoms with Gasteiger partial charge in [0.2, 0.25) is 5.91 Å². The summed E-state index contributed by atoms with van der Waals surface area (Å²) in [6, 6.07) is 5.73. The maximum Gasteiger partial charge on any atom is 0.231 e. The van der Waals surface area contributed by atoms with Crippen molar-refractivity contribution in [3.05, 3.63) is 52.9 Å². The molecule has 4 unspecified atom stereocenters. The van der Waals surface area contributed by atoms with Crippen LogP contribution in [0.25, 0.3) is 0 Å². The van der Waals surface area contributed by atoms with E-state index in [-0.39, 0.29) is 30.0 Å². The van der Waals surface area contributed by atoms with Crippen LogP contribution in [0.3, 0.4) is 0 Å². The maximum absolute atomic E-state index is 12.9. The first-order chi connectivity index (χ1) is 11.6.